The molecule has 0 fully saturated rings. The third-order valence-corrected chi connectivity index (χ3v) is 5.99. The minimum absolute atomic E-state index is 0.164. The van der Waals surface area contributed by atoms with Gasteiger partial charge < -0.3 is 4.74 Å². The van der Waals surface area contributed by atoms with Gasteiger partial charge in [-0.15, -0.1) is 0 Å². The second-order valence-corrected chi connectivity index (χ2v) is 8.61. The molecule has 25 heavy (non-hydrogen) atoms. The summed E-state index contributed by atoms with van der Waals surface area (Å²) >= 11 is 6.49. The Hall–Kier alpha value is -0.580. The van der Waals surface area contributed by atoms with Crippen LogP contribution in [0.25, 0.3) is 0 Å². The van der Waals surface area contributed by atoms with Crippen LogP contribution in [0.5, 0.6) is 5.75 Å². The van der Waals surface area contributed by atoms with Gasteiger partial charge >= 0.3 is 13.4 Å². The molecule has 0 saturated heterocycles. The van der Waals surface area contributed by atoms with Crippen molar-refractivity contribution in [3.05, 3.63) is 33.6 Å². The van der Waals surface area contributed by atoms with Crippen molar-refractivity contribution in [1.29, 1.82) is 0 Å². The highest BCUT2D eigenvalue weighted by Crippen LogP contribution is 2.48. The quantitative estimate of drug-likeness (QED) is 0.229. The third kappa shape index (κ3) is 5.45. The van der Waals surface area contributed by atoms with Crippen LogP contribution in [0, 0.1) is 15.9 Å². The minimum atomic E-state index is -3.39. The van der Waals surface area contributed by atoms with Gasteiger partial charge in [-0.25, -0.2) is 10.2 Å². The number of benzene rings is 1. The molecule has 2 rings (SSSR count). The van der Waals surface area contributed by atoms with Crippen LogP contribution in [0.15, 0.2) is 12.1 Å². The molecule has 140 valence electrons. The Kier molecular flexibility index (Phi) is 7.78. The molecule has 0 aliphatic carbocycles. The summed E-state index contributed by atoms with van der Waals surface area (Å²) in [5, 5.41) is 17.6. The SMILES string of the molecule is O=[N+]([O-])c1cc2c(cc1F)C(OP(=O)(NCCBr)NCCBr)CCO2. The fraction of sp³-hybridized carbons (Fsp3) is 0.538. The summed E-state index contributed by atoms with van der Waals surface area (Å²) in [6, 6.07) is 2.04. The molecule has 0 saturated carbocycles. The molecule has 0 bridgehead atoms. The van der Waals surface area contributed by atoms with Gasteiger partial charge in [-0.05, 0) is 6.07 Å². The predicted octanol–water partition coefficient (Wildman–Crippen LogP) is 3.65. The zero-order chi connectivity index (χ0) is 18.4. The summed E-state index contributed by atoms with van der Waals surface area (Å²) in [6.07, 6.45) is -0.365. The van der Waals surface area contributed by atoms with E-state index in [1.807, 2.05) is 0 Å². The molecule has 0 spiro atoms. The van der Waals surface area contributed by atoms with Crippen LogP contribution >= 0.6 is 39.5 Å². The van der Waals surface area contributed by atoms with Crippen LogP contribution in [0.4, 0.5) is 10.1 Å². The molecule has 12 heteroatoms. The van der Waals surface area contributed by atoms with E-state index in [1.165, 1.54) is 0 Å². The van der Waals surface area contributed by atoms with Gasteiger partial charge in [0.1, 0.15) is 5.75 Å². The van der Waals surface area contributed by atoms with Gasteiger partial charge in [0.2, 0.25) is 5.82 Å². The van der Waals surface area contributed by atoms with Crippen molar-refractivity contribution in [2.45, 2.75) is 12.5 Å². The molecule has 1 atom stereocenters. The number of fused-ring (bicyclic) bond motifs is 1. The molecular weight excluding hydrogens is 488 g/mol. The molecule has 1 aliphatic heterocycles. The fourth-order valence-corrected chi connectivity index (χ4v) is 4.96. The molecule has 2 N–H and O–H groups in total. The van der Waals surface area contributed by atoms with Crippen molar-refractivity contribution in [3.63, 3.8) is 0 Å². The first-order chi connectivity index (χ1) is 11.9. The van der Waals surface area contributed by atoms with Gasteiger partial charge in [-0.3, -0.25) is 19.2 Å². The summed E-state index contributed by atoms with van der Waals surface area (Å²) in [5.41, 5.74) is -0.367. The average Bonchev–Trinajstić information content (AvgIpc) is 2.58. The second kappa shape index (κ2) is 9.38. The summed E-state index contributed by atoms with van der Waals surface area (Å²) in [5.74, 6) is -0.823. The molecule has 8 nitrogen and oxygen atoms in total. The second-order valence-electron chi connectivity index (χ2n) is 5.08. The van der Waals surface area contributed by atoms with Gasteiger partial charge in [-0.2, -0.15) is 4.39 Å². The summed E-state index contributed by atoms with van der Waals surface area (Å²) < 4.78 is 38.0. The van der Waals surface area contributed by atoms with Gasteiger partial charge in [-0.1, -0.05) is 31.9 Å². The van der Waals surface area contributed by atoms with Crippen molar-refractivity contribution in [3.8, 4) is 5.75 Å². The topological polar surface area (TPSA) is 103 Å². The van der Waals surface area contributed by atoms with Crippen LogP contribution in [0.3, 0.4) is 0 Å². The van der Waals surface area contributed by atoms with Gasteiger partial charge in [0.25, 0.3) is 0 Å². The number of rotatable bonds is 9. The lowest BCUT2D eigenvalue weighted by molar-refractivity contribution is -0.387. The summed E-state index contributed by atoms with van der Waals surface area (Å²) in [4.78, 5) is 10.0. The lowest BCUT2D eigenvalue weighted by atomic mass is 10.0. The zero-order valence-corrected chi connectivity index (χ0v) is 17.1. The maximum absolute atomic E-state index is 14.0. The Balaban J connectivity index is 2.27. The number of nitrogens with zero attached hydrogens (tertiary/aromatic N) is 1. The van der Waals surface area contributed by atoms with Crippen LogP contribution in [-0.2, 0) is 9.09 Å². The fourth-order valence-electron chi connectivity index (χ4n) is 2.30. The maximum Gasteiger partial charge on any atom is 0.341 e. The molecule has 0 radical (unpaired) electrons. The van der Waals surface area contributed by atoms with Crippen LogP contribution in [0.1, 0.15) is 18.1 Å². The molecule has 1 unspecified atom stereocenters. The van der Waals surface area contributed by atoms with Crippen molar-refractivity contribution in [2.75, 3.05) is 30.4 Å². The van der Waals surface area contributed by atoms with Gasteiger partial charge in [0, 0.05) is 35.7 Å². The third-order valence-electron chi connectivity index (χ3n) is 3.37. The Labute approximate surface area is 160 Å². The molecule has 1 aliphatic rings. The van der Waals surface area contributed by atoms with Crippen molar-refractivity contribution in [1.82, 2.24) is 10.2 Å². The maximum atomic E-state index is 14.0. The molecule has 0 amide bonds. The summed E-state index contributed by atoms with van der Waals surface area (Å²) in [6.45, 7) is 1.02. The zero-order valence-electron chi connectivity index (χ0n) is 13.0. The van der Waals surface area contributed by atoms with Gasteiger partial charge in [0.05, 0.1) is 23.7 Å². The Morgan fingerprint density at radius 3 is 2.56 bits per heavy atom. The van der Waals surface area contributed by atoms with E-state index in [0.29, 0.717) is 35.7 Å². The smallest absolute Gasteiger partial charge is 0.341 e. The lowest BCUT2D eigenvalue weighted by Gasteiger charge is -2.30. The largest absolute Gasteiger partial charge is 0.493 e. The Morgan fingerprint density at radius 1 is 1.36 bits per heavy atom. The van der Waals surface area contributed by atoms with E-state index in [2.05, 4.69) is 42.0 Å². The highest BCUT2D eigenvalue weighted by molar-refractivity contribution is 9.09. The highest BCUT2D eigenvalue weighted by atomic mass is 79.9. The number of halogens is 3. The van der Waals surface area contributed by atoms with Crippen molar-refractivity contribution in [2.24, 2.45) is 0 Å². The first kappa shape index (κ1) is 20.7. The molecule has 1 aromatic rings. The standard InChI is InChI=1S/C13H17Br2FN3O5P/c14-2-4-17-25(22,18-5-3-15)24-12-1-6-23-13-8-11(19(20)21)10(16)7-9(12)13/h7-8,12H,1-6H2,(H2,17,18,22). The minimum Gasteiger partial charge on any atom is -0.493 e. The molecular formula is C13H17Br2FN3O5P. The number of hydrogen-bond donors (Lipinski definition) is 2. The van der Waals surface area contributed by atoms with Crippen molar-refractivity contribution < 1.29 is 23.1 Å². The number of nitro benzene ring substituents is 1. The van der Waals surface area contributed by atoms with E-state index < -0.39 is 30.2 Å². The average molecular weight is 505 g/mol. The Bertz CT molecular complexity index is 669. The first-order valence-electron chi connectivity index (χ1n) is 7.41. The number of nitrogens with one attached hydrogen (secondary N) is 2. The van der Waals surface area contributed by atoms with E-state index in [9.17, 15) is 19.1 Å². The Morgan fingerprint density at radius 2 is 2.00 bits per heavy atom. The normalized spacial score (nSPS) is 17.0. The lowest BCUT2D eigenvalue weighted by Crippen LogP contribution is -2.29. The number of hydrogen-bond acceptors (Lipinski definition) is 5. The van der Waals surface area contributed by atoms with Crippen LogP contribution < -0.4 is 14.9 Å². The van der Waals surface area contributed by atoms with E-state index in [0.717, 1.165) is 12.1 Å². The van der Waals surface area contributed by atoms with Gasteiger partial charge in [0.15, 0.2) is 0 Å². The monoisotopic (exact) mass is 503 g/mol. The summed E-state index contributed by atoms with van der Waals surface area (Å²) in [7, 11) is -3.39. The highest BCUT2D eigenvalue weighted by Gasteiger charge is 2.33. The van der Waals surface area contributed by atoms with E-state index >= 15 is 0 Å². The van der Waals surface area contributed by atoms with Crippen molar-refractivity contribution >= 4 is 45.2 Å². The number of alkyl halides is 2. The van der Waals surface area contributed by atoms with Crippen LogP contribution in [0.2, 0.25) is 0 Å². The van der Waals surface area contributed by atoms with E-state index in [-0.39, 0.29) is 12.4 Å². The van der Waals surface area contributed by atoms with Crippen LogP contribution in [-0.4, -0.2) is 35.3 Å². The van der Waals surface area contributed by atoms with E-state index in [4.69, 9.17) is 9.26 Å². The molecule has 1 heterocycles. The first-order valence-corrected chi connectivity index (χ1v) is 11.3. The van der Waals surface area contributed by atoms with E-state index in [1.54, 1.807) is 0 Å². The number of ether oxygens (including phenoxy) is 1. The predicted molar refractivity (Wildman–Crippen MR) is 98.2 cm³/mol. The molecule has 1 aromatic carbocycles. The number of nitro groups is 1. The molecule has 0 aromatic heterocycles.